The minimum Gasteiger partial charge on any atom is -0.209 e. The van der Waals surface area contributed by atoms with E-state index in [1.54, 1.807) is 0 Å². The first kappa shape index (κ1) is 9.91. The van der Waals surface area contributed by atoms with Crippen LogP contribution in [0.25, 0.3) is 21.5 Å². The molecule has 1 heterocycles. The van der Waals surface area contributed by atoms with Crippen LogP contribution < -0.4 is 10.7 Å². The summed E-state index contributed by atoms with van der Waals surface area (Å²) in [6.07, 6.45) is 0. The molecule has 0 saturated heterocycles. The Bertz CT molecular complexity index is 870. The molecule has 0 aromatic heterocycles. The molecule has 3 nitrogen and oxygen atoms in total. The van der Waals surface area contributed by atoms with Gasteiger partial charge in [0.1, 0.15) is 10.7 Å². The number of nitrogens with zero attached hydrogens (tertiary/aromatic N) is 2. The van der Waals surface area contributed by atoms with Gasteiger partial charge in [0.2, 0.25) is 0 Å². The third kappa shape index (κ3) is 1.21. The molecule has 3 aromatic rings. The Morgan fingerprint density at radius 3 is 1.50 bits per heavy atom. The normalized spacial score (nSPS) is 14.4. The van der Waals surface area contributed by atoms with Gasteiger partial charge >= 0.3 is 0 Å². The Morgan fingerprint density at radius 2 is 1.06 bits per heavy atom. The summed E-state index contributed by atoms with van der Waals surface area (Å²) >= 11 is -1.48. The molecule has 4 heteroatoms. The largest absolute Gasteiger partial charge is 0.266 e. The fraction of sp³-hybridized carbons (Fsp3) is 0. The van der Waals surface area contributed by atoms with Crippen LogP contribution in [0.1, 0.15) is 0 Å². The molecule has 0 bridgehead atoms. The van der Waals surface area contributed by atoms with E-state index in [0.717, 1.165) is 32.3 Å². The first-order valence-corrected chi connectivity index (χ1v) is 6.70. The Labute approximate surface area is 105 Å². The highest BCUT2D eigenvalue weighted by Gasteiger charge is 2.12. The topological polar surface area (TPSA) is 41.8 Å². The van der Waals surface area contributed by atoms with Crippen molar-refractivity contribution in [3.8, 4) is 0 Å². The van der Waals surface area contributed by atoms with Crippen LogP contribution in [0.2, 0.25) is 0 Å². The highest BCUT2D eigenvalue weighted by molar-refractivity contribution is 7.82. The van der Waals surface area contributed by atoms with Gasteiger partial charge in [0.15, 0.2) is 0 Å². The number of benzene rings is 3. The van der Waals surface area contributed by atoms with Crippen LogP contribution >= 0.6 is 0 Å². The summed E-state index contributed by atoms with van der Waals surface area (Å²) in [4.78, 5) is 0. The highest BCUT2D eigenvalue weighted by atomic mass is 32.2. The summed E-state index contributed by atoms with van der Waals surface area (Å²) in [5, 5.41) is 5.79. The molecule has 0 fully saturated rings. The summed E-state index contributed by atoms with van der Waals surface area (Å²) in [6, 6.07) is 16.1. The average Bonchev–Trinajstić information content (AvgIpc) is 2.81. The van der Waals surface area contributed by atoms with Gasteiger partial charge in [0, 0.05) is 10.8 Å². The maximum atomic E-state index is 11.6. The van der Waals surface area contributed by atoms with Crippen molar-refractivity contribution in [3.63, 3.8) is 0 Å². The van der Waals surface area contributed by atoms with E-state index in [1.807, 2.05) is 36.4 Å². The van der Waals surface area contributed by atoms with Crippen molar-refractivity contribution in [2.24, 2.45) is 8.80 Å². The second-order valence-electron chi connectivity index (χ2n) is 4.20. The zero-order chi connectivity index (χ0) is 12.1. The van der Waals surface area contributed by atoms with E-state index >= 15 is 0 Å². The van der Waals surface area contributed by atoms with Crippen molar-refractivity contribution in [2.75, 3.05) is 0 Å². The lowest BCUT2D eigenvalue weighted by atomic mass is 10.0. The van der Waals surface area contributed by atoms with Gasteiger partial charge in [-0.3, -0.25) is 0 Å². The first-order chi connectivity index (χ1) is 8.84. The molecule has 4 rings (SSSR count). The van der Waals surface area contributed by atoms with E-state index in [4.69, 9.17) is 0 Å². The van der Waals surface area contributed by atoms with E-state index < -0.39 is 11.2 Å². The van der Waals surface area contributed by atoms with E-state index in [1.165, 1.54) is 0 Å². The standard InChI is InChI=1S/C14H8N2OS/c17-18-15-13-11-7-3-1-5-9(11)10-6-2-4-8-12(10)14(13)16-18/h1-8H. The molecule has 0 saturated carbocycles. The Morgan fingerprint density at radius 1 is 0.667 bits per heavy atom. The van der Waals surface area contributed by atoms with Crippen molar-refractivity contribution < 1.29 is 4.21 Å². The lowest BCUT2D eigenvalue weighted by Crippen LogP contribution is -2.23. The quantitative estimate of drug-likeness (QED) is 0.563. The third-order valence-electron chi connectivity index (χ3n) is 3.22. The molecule has 86 valence electrons. The van der Waals surface area contributed by atoms with Crippen molar-refractivity contribution in [3.05, 3.63) is 59.2 Å². The fourth-order valence-electron chi connectivity index (χ4n) is 2.47. The first-order valence-electron chi connectivity index (χ1n) is 5.63. The molecular weight excluding hydrogens is 244 g/mol. The minimum atomic E-state index is -1.48. The Kier molecular flexibility index (Phi) is 1.91. The lowest BCUT2D eigenvalue weighted by molar-refractivity contribution is 0.685. The van der Waals surface area contributed by atoms with Gasteiger partial charge in [-0.1, -0.05) is 48.5 Å². The fourth-order valence-corrected chi connectivity index (χ4v) is 3.19. The summed E-state index contributed by atoms with van der Waals surface area (Å²) in [5.74, 6) is 0. The summed E-state index contributed by atoms with van der Waals surface area (Å²) in [5.41, 5.74) is 0. The van der Waals surface area contributed by atoms with Crippen molar-refractivity contribution in [2.45, 2.75) is 0 Å². The zero-order valence-corrected chi connectivity index (χ0v) is 10.1. The summed E-state index contributed by atoms with van der Waals surface area (Å²) < 4.78 is 19.8. The Balaban J connectivity index is 2.49. The molecule has 0 aliphatic carbocycles. The van der Waals surface area contributed by atoms with E-state index in [0.29, 0.717) is 0 Å². The summed E-state index contributed by atoms with van der Waals surface area (Å²) in [6.45, 7) is 0. The van der Waals surface area contributed by atoms with Gasteiger partial charge in [0.05, 0.1) is 0 Å². The minimum absolute atomic E-state index is 0.752. The number of hydrogen-bond donors (Lipinski definition) is 0. The maximum absolute atomic E-state index is 11.6. The van der Waals surface area contributed by atoms with Crippen molar-refractivity contribution in [1.82, 2.24) is 0 Å². The highest BCUT2D eigenvalue weighted by Crippen LogP contribution is 2.20. The van der Waals surface area contributed by atoms with E-state index in [-0.39, 0.29) is 0 Å². The van der Waals surface area contributed by atoms with Gasteiger partial charge in [-0.2, -0.15) is 8.80 Å². The number of fused-ring (bicyclic) bond motifs is 6. The van der Waals surface area contributed by atoms with E-state index in [2.05, 4.69) is 20.9 Å². The monoisotopic (exact) mass is 252 g/mol. The molecule has 0 amide bonds. The van der Waals surface area contributed by atoms with Gasteiger partial charge in [-0.25, -0.2) is 4.21 Å². The molecular formula is C14H8N2OS. The van der Waals surface area contributed by atoms with Crippen LogP contribution in [0.4, 0.5) is 0 Å². The van der Waals surface area contributed by atoms with Crippen LogP contribution in [0.15, 0.2) is 57.3 Å². The van der Waals surface area contributed by atoms with Crippen LogP contribution in [0.3, 0.4) is 0 Å². The number of hydrogen-bond acceptors (Lipinski definition) is 1. The molecule has 18 heavy (non-hydrogen) atoms. The molecule has 0 unspecified atom stereocenters. The second-order valence-corrected chi connectivity index (χ2v) is 5.03. The molecule has 0 N–H and O–H groups in total. The molecule has 1 aliphatic heterocycles. The Hall–Kier alpha value is -2.07. The van der Waals surface area contributed by atoms with Crippen LogP contribution in [0.5, 0.6) is 0 Å². The molecule has 1 aliphatic rings. The predicted octanol–water partition coefficient (Wildman–Crippen LogP) is 1.82. The van der Waals surface area contributed by atoms with Crippen molar-refractivity contribution >= 4 is 32.7 Å². The zero-order valence-electron chi connectivity index (χ0n) is 9.33. The third-order valence-corrected chi connectivity index (χ3v) is 3.90. The van der Waals surface area contributed by atoms with Crippen molar-refractivity contribution in [1.29, 1.82) is 0 Å². The van der Waals surface area contributed by atoms with E-state index in [9.17, 15) is 4.21 Å². The smallest absolute Gasteiger partial charge is 0.209 e. The number of rotatable bonds is 0. The summed E-state index contributed by atoms with van der Waals surface area (Å²) in [7, 11) is 0. The predicted molar refractivity (Wildman–Crippen MR) is 71.9 cm³/mol. The van der Waals surface area contributed by atoms with Gasteiger partial charge < -0.3 is 0 Å². The lowest BCUT2D eigenvalue weighted by Gasteiger charge is -2.02. The van der Waals surface area contributed by atoms with Crippen LogP contribution in [-0.4, -0.2) is 4.21 Å². The van der Waals surface area contributed by atoms with Gasteiger partial charge in [-0.15, -0.1) is 0 Å². The average molecular weight is 252 g/mol. The van der Waals surface area contributed by atoms with Gasteiger partial charge in [-0.05, 0) is 10.8 Å². The molecule has 3 aromatic carbocycles. The second kappa shape index (κ2) is 3.46. The molecule has 0 spiro atoms. The molecule has 0 radical (unpaired) electrons. The van der Waals surface area contributed by atoms with Gasteiger partial charge in [0.25, 0.3) is 11.2 Å². The van der Waals surface area contributed by atoms with Crippen LogP contribution in [-0.2, 0) is 11.2 Å². The maximum Gasteiger partial charge on any atom is 0.266 e. The van der Waals surface area contributed by atoms with Crippen LogP contribution in [0, 0.1) is 0 Å². The SMILES string of the molecule is O=S1N=c2c(c3ccccc3c3ccccc23)=N1. The molecule has 0 atom stereocenters.